The zero-order valence-corrected chi connectivity index (χ0v) is 4.19. The third-order valence-electron chi connectivity index (χ3n) is 0.319. The van der Waals surface area contributed by atoms with Crippen molar-refractivity contribution in [2.24, 2.45) is 0 Å². The third-order valence-corrected chi connectivity index (χ3v) is 0.319. The third kappa shape index (κ3) is 3.54. The molecular formula is C5H9O. The molecule has 0 aliphatic heterocycles. The Balaban J connectivity index is 3.14. The summed E-state index contributed by atoms with van der Waals surface area (Å²) in [5.41, 5.74) is 1.13. The minimum absolute atomic E-state index is 1.13. The number of allylic oxidation sites excluding steroid dienone is 1. The van der Waals surface area contributed by atoms with Gasteiger partial charge in [0.15, 0.2) is 0 Å². The zero-order chi connectivity index (χ0) is 4.99. The monoisotopic (exact) mass is 85.1 g/mol. The second-order valence-corrected chi connectivity index (χ2v) is 1.36. The summed E-state index contributed by atoms with van der Waals surface area (Å²) in [6.45, 7) is 3.90. The predicted molar refractivity (Wildman–Crippen MR) is 25.9 cm³/mol. The highest BCUT2D eigenvalue weighted by Crippen LogP contribution is 1.85. The van der Waals surface area contributed by atoms with Crippen LogP contribution in [0.4, 0.5) is 0 Å². The van der Waals surface area contributed by atoms with Crippen LogP contribution in [0, 0.1) is 7.11 Å². The van der Waals surface area contributed by atoms with Gasteiger partial charge in [-0.05, 0) is 19.4 Å². The molecule has 1 heteroatoms. The first-order valence-corrected chi connectivity index (χ1v) is 1.81. The van der Waals surface area contributed by atoms with Gasteiger partial charge in [-0.25, -0.2) is 0 Å². The molecule has 0 atom stereocenters. The van der Waals surface area contributed by atoms with Crippen LogP contribution in [-0.2, 0) is 4.74 Å². The van der Waals surface area contributed by atoms with Crippen molar-refractivity contribution in [3.05, 3.63) is 18.9 Å². The second-order valence-electron chi connectivity index (χ2n) is 1.36. The molecule has 1 nitrogen and oxygen atoms in total. The number of hydrogen-bond acceptors (Lipinski definition) is 1. The second kappa shape index (κ2) is 2.76. The first kappa shape index (κ1) is 5.54. The minimum atomic E-state index is 1.13. The molecule has 0 aliphatic carbocycles. The topological polar surface area (TPSA) is 9.23 Å². The molecule has 0 saturated carbocycles. The van der Waals surface area contributed by atoms with E-state index in [0.717, 1.165) is 5.57 Å². The predicted octanol–water partition coefficient (Wildman–Crippen LogP) is 1.72. The van der Waals surface area contributed by atoms with Crippen LogP contribution < -0.4 is 0 Å². The van der Waals surface area contributed by atoms with Crippen molar-refractivity contribution in [2.45, 2.75) is 13.8 Å². The SMILES string of the molecule is [CH2]OC=C(C)C. The maximum absolute atomic E-state index is 4.39. The van der Waals surface area contributed by atoms with Crippen molar-refractivity contribution in [2.75, 3.05) is 0 Å². The van der Waals surface area contributed by atoms with E-state index < -0.39 is 0 Å². The van der Waals surface area contributed by atoms with Crippen LogP contribution in [0.15, 0.2) is 11.8 Å². The lowest BCUT2D eigenvalue weighted by molar-refractivity contribution is 0.389. The lowest BCUT2D eigenvalue weighted by Gasteiger charge is -1.84. The van der Waals surface area contributed by atoms with E-state index >= 15 is 0 Å². The summed E-state index contributed by atoms with van der Waals surface area (Å²) in [6.07, 6.45) is 1.60. The number of rotatable bonds is 1. The Morgan fingerprint density at radius 3 is 2.17 bits per heavy atom. The quantitative estimate of drug-likeness (QED) is 0.440. The molecule has 0 heterocycles. The maximum Gasteiger partial charge on any atom is 0.121 e. The van der Waals surface area contributed by atoms with Gasteiger partial charge >= 0.3 is 0 Å². The highest BCUT2D eigenvalue weighted by atomic mass is 16.5. The van der Waals surface area contributed by atoms with Crippen LogP contribution in [0.2, 0.25) is 0 Å². The Morgan fingerprint density at radius 1 is 1.67 bits per heavy atom. The Morgan fingerprint density at radius 2 is 2.17 bits per heavy atom. The molecule has 0 bridgehead atoms. The Bertz CT molecular complexity index is 51.0. The number of ether oxygens (including phenoxy) is 1. The van der Waals surface area contributed by atoms with Gasteiger partial charge in [0.25, 0.3) is 0 Å². The van der Waals surface area contributed by atoms with Crippen LogP contribution in [-0.4, -0.2) is 0 Å². The minimum Gasteiger partial charge on any atom is -0.498 e. The summed E-state index contributed by atoms with van der Waals surface area (Å²) in [4.78, 5) is 0. The largest absolute Gasteiger partial charge is 0.498 e. The van der Waals surface area contributed by atoms with Gasteiger partial charge in [0, 0.05) is 0 Å². The molecule has 35 valence electrons. The molecule has 0 unspecified atom stereocenters. The van der Waals surface area contributed by atoms with Gasteiger partial charge in [0.1, 0.15) is 7.11 Å². The summed E-state index contributed by atoms with van der Waals surface area (Å²) in [5.74, 6) is 0. The lowest BCUT2D eigenvalue weighted by Crippen LogP contribution is -1.63. The van der Waals surface area contributed by atoms with E-state index in [1.165, 1.54) is 0 Å². The molecule has 0 spiro atoms. The zero-order valence-electron chi connectivity index (χ0n) is 4.19. The first-order valence-electron chi connectivity index (χ1n) is 1.81. The first-order chi connectivity index (χ1) is 2.77. The molecular weight excluding hydrogens is 76.1 g/mol. The molecule has 6 heavy (non-hydrogen) atoms. The molecule has 0 aliphatic rings. The molecule has 0 amide bonds. The van der Waals surface area contributed by atoms with Crippen LogP contribution in [0.1, 0.15) is 13.8 Å². The van der Waals surface area contributed by atoms with E-state index in [0.29, 0.717) is 0 Å². The van der Waals surface area contributed by atoms with Crippen LogP contribution in [0.5, 0.6) is 0 Å². The Labute approximate surface area is 38.6 Å². The average Bonchev–Trinajstić information content (AvgIpc) is 1.35. The van der Waals surface area contributed by atoms with Gasteiger partial charge in [-0.1, -0.05) is 0 Å². The van der Waals surface area contributed by atoms with Gasteiger partial charge in [-0.15, -0.1) is 0 Å². The summed E-state index contributed by atoms with van der Waals surface area (Å²) < 4.78 is 4.39. The summed E-state index contributed by atoms with van der Waals surface area (Å²) in [6, 6.07) is 0. The Hall–Kier alpha value is -0.460. The van der Waals surface area contributed by atoms with Crippen molar-refractivity contribution in [1.29, 1.82) is 0 Å². The molecule has 0 aromatic heterocycles. The van der Waals surface area contributed by atoms with E-state index in [1.54, 1.807) is 6.26 Å². The molecule has 1 radical (unpaired) electrons. The van der Waals surface area contributed by atoms with Crippen molar-refractivity contribution < 1.29 is 4.74 Å². The van der Waals surface area contributed by atoms with E-state index in [9.17, 15) is 0 Å². The van der Waals surface area contributed by atoms with Crippen molar-refractivity contribution in [3.63, 3.8) is 0 Å². The maximum atomic E-state index is 4.39. The normalized spacial score (nSPS) is 7.17. The van der Waals surface area contributed by atoms with Crippen LogP contribution in [0.25, 0.3) is 0 Å². The van der Waals surface area contributed by atoms with Gasteiger partial charge in [0.05, 0.1) is 6.26 Å². The van der Waals surface area contributed by atoms with Crippen molar-refractivity contribution >= 4 is 0 Å². The lowest BCUT2D eigenvalue weighted by atomic mass is 10.4. The number of hydrogen-bond donors (Lipinski definition) is 0. The van der Waals surface area contributed by atoms with E-state index in [4.69, 9.17) is 0 Å². The molecule has 0 N–H and O–H groups in total. The summed E-state index contributed by atoms with van der Waals surface area (Å²) in [5, 5.41) is 0. The average molecular weight is 85.1 g/mol. The fraction of sp³-hybridized carbons (Fsp3) is 0.400. The highest BCUT2D eigenvalue weighted by Gasteiger charge is 1.67. The van der Waals surface area contributed by atoms with Crippen LogP contribution >= 0.6 is 0 Å². The van der Waals surface area contributed by atoms with E-state index in [-0.39, 0.29) is 0 Å². The fourth-order valence-corrected chi connectivity index (χ4v) is 0.167. The van der Waals surface area contributed by atoms with Gasteiger partial charge in [-0.2, -0.15) is 0 Å². The molecule has 0 aromatic carbocycles. The molecule has 0 fully saturated rings. The molecule has 0 saturated heterocycles. The van der Waals surface area contributed by atoms with Crippen molar-refractivity contribution in [3.8, 4) is 0 Å². The highest BCUT2D eigenvalue weighted by molar-refractivity contribution is 4.85. The summed E-state index contributed by atoms with van der Waals surface area (Å²) >= 11 is 0. The van der Waals surface area contributed by atoms with Crippen molar-refractivity contribution in [1.82, 2.24) is 0 Å². The van der Waals surface area contributed by atoms with Gasteiger partial charge < -0.3 is 4.74 Å². The van der Waals surface area contributed by atoms with E-state index in [2.05, 4.69) is 11.8 Å². The fourth-order valence-electron chi connectivity index (χ4n) is 0.167. The summed E-state index contributed by atoms with van der Waals surface area (Å²) in [7, 11) is 3.15. The van der Waals surface area contributed by atoms with Gasteiger partial charge in [0.2, 0.25) is 0 Å². The Kier molecular flexibility index (Phi) is 2.55. The van der Waals surface area contributed by atoms with Gasteiger partial charge in [-0.3, -0.25) is 0 Å². The molecule has 0 aromatic rings. The van der Waals surface area contributed by atoms with Crippen LogP contribution in [0.3, 0.4) is 0 Å². The molecule has 0 rings (SSSR count). The standard InChI is InChI=1S/C5H9O/c1-5(2)4-6-3/h4H,3H2,1-2H3. The smallest absolute Gasteiger partial charge is 0.121 e. The van der Waals surface area contributed by atoms with E-state index in [1.807, 2.05) is 13.8 Å².